The van der Waals surface area contributed by atoms with Gasteiger partial charge in [0, 0.05) is 29.4 Å². The van der Waals surface area contributed by atoms with Crippen LogP contribution in [0.25, 0.3) is 21.6 Å². The van der Waals surface area contributed by atoms with Gasteiger partial charge in [0.2, 0.25) is 0 Å². The van der Waals surface area contributed by atoms with Crippen LogP contribution in [-0.4, -0.2) is 28.2 Å². The van der Waals surface area contributed by atoms with Gasteiger partial charge < -0.3 is 15.2 Å². The Labute approximate surface area is 182 Å². The van der Waals surface area contributed by atoms with Crippen LogP contribution >= 0.6 is 22.9 Å². The third-order valence-electron chi connectivity index (χ3n) is 4.71. The highest BCUT2D eigenvalue weighted by Crippen LogP contribution is 2.31. The number of benzene rings is 2. The van der Waals surface area contributed by atoms with Crippen molar-refractivity contribution in [3.8, 4) is 17.1 Å². The van der Waals surface area contributed by atoms with Crippen LogP contribution in [0.2, 0.25) is 5.02 Å². The fraction of sp³-hybridized carbons (Fsp3) is 0.136. The number of carboxylic acids is 1. The number of aromatic carboxylic acids is 1. The van der Waals surface area contributed by atoms with E-state index < -0.39 is 5.97 Å². The summed E-state index contributed by atoms with van der Waals surface area (Å²) in [5.41, 5.74) is 3.05. The second-order valence-corrected chi connectivity index (χ2v) is 8.02. The number of hydrogen-bond acceptors (Lipinski definition) is 6. The fourth-order valence-electron chi connectivity index (χ4n) is 3.26. The Hall–Kier alpha value is -3.16. The molecule has 0 aliphatic rings. The van der Waals surface area contributed by atoms with Crippen LogP contribution in [0.4, 0.5) is 5.69 Å². The minimum Gasteiger partial charge on any atom is -0.495 e. The van der Waals surface area contributed by atoms with E-state index in [2.05, 4.69) is 15.3 Å². The van der Waals surface area contributed by atoms with Crippen molar-refractivity contribution in [2.24, 2.45) is 0 Å². The topological polar surface area (TPSA) is 84.3 Å². The maximum absolute atomic E-state index is 11.9. The maximum atomic E-state index is 11.9. The molecule has 2 N–H and O–H groups in total. The molecule has 0 aliphatic carbocycles. The van der Waals surface area contributed by atoms with Crippen molar-refractivity contribution >= 4 is 44.8 Å². The van der Waals surface area contributed by atoms with Crippen LogP contribution < -0.4 is 10.1 Å². The Morgan fingerprint density at radius 2 is 2.10 bits per heavy atom. The number of methoxy groups -OCH3 is 1. The normalized spacial score (nSPS) is 10.9. The first-order chi connectivity index (χ1) is 14.5. The van der Waals surface area contributed by atoms with E-state index in [4.69, 9.17) is 16.3 Å². The van der Waals surface area contributed by atoms with Gasteiger partial charge in [0.25, 0.3) is 0 Å². The Balaban J connectivity index is 1.69. The monoisotopic (exact) mass is 439 g/mol. The quantitative estimate of drug-likeness (QED) is 0.404. The molecule has 2 aromatic carbocycles. The van der Waals surface area contributed by atoms with Crippen LogP contribution in [0.1, 0.15) is 21.5 Å². The molecule has 2 aromatic heterocycles. The van der Waals surface area contributed by atoms with E-state index in [9.17, 15) is 9.90 Å². The number of nitrogens with one attached hydrogen (secondary N) is 1. The highest BCUT2D eigenvalue weighted by Gasteiger charge is 2.19. The van der Waals surface area contributed by atoms with Crippen LogP contribution in [0.15, 0.2) is 48.0 Å². The summed E-state index contributed by atoms with van der Waals surface area (Å²) in [6.07, 6.45) is 1.72. The van der Waals surface area contributed by atoms with Gasteiger partial charge in [-0.3, -0.25) is 0 Å². The number of anilines is 1. The number of ether oxygens (including phenoxy) is 1. The predicted molar refractivity (Wildman–Crippen MR) is 120 cm³/mol. The number of nitrogens with zero attached hydrogens (tertiary/aromatic N) is 2. The standard InChI is InChI=1S/C22H18ClN3O3S/c1-12-7-15(24-10-13-3-4-18(29-2)17(23)8-13)9-16(19(12)22(27)28)20-25-11-14-5-6-30-21(14)26-20/h3-9,11,24H,10H2,1-2H3,(H,27,28). The van der Waals surface area contributed by atoms with Gasteiger partial charge in [-0.25, -0.2) is 14.8 Å². The highest BCUT2D eigenvalue weighted by molar-refractivity contribution is 7.16. The molecule has 0 saturated carbocycles. The molecule has 4 rings (SSSR count). The first kappa shape index (κ1) is 20.1. The molecule has 0 unspecified atom stereocenters. The van der Waals surface area contributed by atoms with Gasteiger partial charge in [0.15, 0.2) is 5.82 Å². The average Bonchev–Trinajstić information content (AvgIpc) is 3.19. The molecule has 2 heterocycles. The molecule has 6 nitrogen and oxygen atoms in total. The zero-order valence-corrected chi connectivity index (χ0v) is 17.8. The summed E-state index contributed by atoms with van der Waals surface area (Å²) in [6, 6.07) is 11.1. The van der Waals surface area contributed by atoms with E-state index in [1.165, 1.54) is 11.3 Å². The summed E-state index contributed by atoms with van der Waals surface area (Å²) in [5, 5.41) is 16.5. The van der Waals surface area contributed by atoms with Crippen LogP contribution in [-0.2, 0) is 6.54 Å². The van der Waals surface area contributed by atoms with Gasteiger partial charge in [-0.1, -0.05) is 17.7 Å². The molecule has 152 valence electrons. The lowest BCUT2D eigenvalue weighted by Crippen LogP contribution is -2.07. The molecule has 0 saturated heterocycles. The lowest BCUT2D eigenvalue weighted by molar-refractivity contribution is 0.0697. The molecule has 0 amide bonds. The number of halogens is 1. The fourth-order valence-corrected chi connectivity index (χ4v) is 4.28. The molecule has 0 bridgehead atoms. The highest BCUT2D eigenvalue weighted by atomic mass is 35.5. The van der Waals surface area contributed by atoms with E-state index in [1.54, 1.807) is 26.3 Å². The Kier molecular flexibility index (Phi) is 5.57. The number of carboxylic acid groups (broad SMARTS) is 1. The molecule has 0 radical (unpaired) electrons. The van der Waals surface area contributed by atoms with Crippen molar-refractivity contribution in [2.45, 2.75) is 13.5 Å². The first-order valence-corrected chi connectivity index (χ1v) is 10.4. The summed E-state index contributed by atoms with van der Waals surface area (Å²) in [5.74, 6) is -0.00192. The van der Waals surface area contributed by atoms with Crippen molar-refractivity contribution in [2.75, 3.05) is 12.4 Å². The second-order valence-electron chi connectivity index (χ2n) is 6.72. The predicted octanol–water partition coefficient (Wildman–Crippen LogP) is 5.64. The van der Waals surface area contributed by atoms with Crippen molar-refractivity contribution < 1.29 is 14.6 Å². The van der Waals surface area contributed by atoms with Crippen LogP contribution in [0.3, 0.4) is 0 Å². The zero-order valence-electron chi connectivity index (χ0n) is 16.3. The molecule has 0 atom stereocenters. The molecule has 8 heteroatoms. The van der Waals surface area contributed by atoms with Crippen LogP contribution in [0, 0.1) is 6.92 Å². The number of hydrogen-bond donors (Lipinski definition) is 2. The third-order valence-corrected chi connectivity index (χ3v) is 5.83. The Morgan fingerprint density at radius 3 is 2.83 bits per heavy atom. The molecule has 0 spiro atoms. The summed E-state index contributed by atoms with van der Waals surface area (Å²) in [7, 11) is 1.57. The smallest absolute Gasteiger partial charge is 0.336 e. The van der Waals surface area contributed by atoms with Crippen LogP contribution in [0.5, 0.6) is 5.75 Å². The number of aryl methyl sites for hydroxylation is 1. The zero-order chi connectivity index (χ0) is 21.3. The second kappa shape index (κ2) is 8.30. The molecular weight excluding hydrogens is 422 g/mol. The molecule has 30 heavy (non-hydrogen) atoms. The SMILES string of the molecule is COc1ccc(CNc2cc(C)c(C(=O)O)c(-c3ncc4ccsc4n3)c2)cc1Cl. The Morgan fingerprint density at radius 1 is 1.27 bits per heavy atom. The lowest BCUT2D eigenvalue weighted by Gasteiger charge is -2.14. The van der Waals surface area contributed by atoms with E-state index in [-0.39, 0.29) is 5.56 Å². The van der Waals surface area contributed by atoms with E-state index >= 15 is 0 Å². The largest absolute Gasteiger partial charge is 0.495 e. The number of thiophene rings is 1. The van der Waals surface area contributed by atoms with Gasteiger partial charge in [-0.15, -0.1) is 11.3 Å². The minimum absolute atomic E-state index is 0.198. The van der Waals surface area contributed by atoms with Gasteiger partial charge in [0.05, 0.1) is 17.7 Å². The summed E-state index contributed by atoms with van der Waals surface area (Å²) in [4.78, 5) is 21.7. The Bertz CT molecular complexity index is 1260. The first-order valence-electron chi connectivity index (χ1n) is 9.11. The van der Waals surface area contributed by atoms with Crippen molar-refractivity contribution in [3.05, 3.63) is 69.7 Å². The van der Waals surface area contributed by atoms with Crippen molar-refractivity contribution in [3.63, 3.8) is 0 Å². The average molecular weight is 440 g/mol. The third kappa shape index (κ3) is 3.94. The number of rotatable bonds is 6. The number of aromatic nitrogens is 2. The summed E-state index contributed by atoms with van der Waals surface area (Å²) in [6.45, 7) is 2.28. The van der Waals surface area contributed by atoms with Gasteiger partial charge in [0.1, 0.15) is 10.6 Å². The molecule has 0 fully saturated rings. The van der Waals surface area contributed by atoms with Crippen molar-refractivity contribution in [1.82, 2.24) is 9.97 Å². The maximum Gasteiger partial charge on any atom is 0.336 e. The van der Waals surface area contributed by atoms with E-state index in [1.807, 2.05) is 35.7 Å². The summed E-state index contributed by atoms with van der Waals surface area (Å²) < 4.78 is 5.18. The molecular formula is C22H18ClN3O3S. The number of carbonyl (C=O) groups is 1. The van der Waals surface area contributed by atoms with Gasteiger partial charge >= 0.3 is 5.97 Å². The number of fused-ring (bicyclic) bond motifs is 1. The molecule has 4 aromatic rings. The minimum atomic E-state index is -1.01. The van der Waals surface area contributed by atoms with E-state index in [0.29, 0.717) is 34.3 Å². The van der Waals surface area contributed by atoms with Crippen molar-refractivity contribution in [1.29, 1.82) is 0 Å². The summed E-state index contributed by atoms with van der Waals surface area (Å²) >= 11 is 7.70. The van der Waals surface area contributed by atoms with Gasteiger partial charge in [-0.2, -0.15) is 0 Å². The molecule has 0 aliphatic heterocycles. The van der Waals surface area contributed by atoms with E-state index in [0.717, 1.165) is 21.5 Å². The van der Waals surface area contributed by atoms with Gasteiger partial charge in [-0.05, 0) is 53.8 Å². The lowest BCUT2D eigenvalue weighted by atomic mass is 10.00.